The van der Waals surface area contributed by atoms with Gasteiger partial charge in [-0.05, 0) is 66.8 Å². The van der Waals surface area contributed by atoms with Crippen LogP contribution in [0.25, 0.3) is 22.4 Å². The summed E-state index contributed by atoms with van der Waals surface area (Å²) in [4.78, 5) is 34.0. The summed E-state index contributed by atoms with van der Waals surface area (Å²) in [5.41, 5.74) is 4.46. The molecule has 3 N–H and O–H groups in total. The van der Waals surface area contributed by atoms with E-state index in [2.05, 4.69) is 15.6 Å². The van der Waals surface area contributed by atoms with E-state index >= 15 is 0 Å². The number of carbonyl (C=O) groups is 2. The number of ether oxygens (including phenoxy) is 3. The molecule has 2 aromatic carbocycles. The lowest BCUT2D eigenvalue weighted by molar-refractivity contribution is -0.140. The number of fused-ring (bicyclic) bond motifs is 1. The number of nitrogens with one attached hydrogen (secondary N) is 2. The third kappa shape index (κ3) is 9.93. The number of carboxylic acids is 1. The number of methoxy groups -OCH3 is 2. The van der Waals surface area contributed by atoms with Crippen molar-refractivity contribution in [3.8, 4) is 40.0 Å². The molecule has 1 saturated carbocycles. The van der Waals surface area contributed by atoms with Gasteiger partial charge in [-0.2, -0.15) is 18.2 Å². The number of alkyl halides is 3. The van der Waals surface area contributed by atoms with Crippen LogP contribution < -0.4 is 24.8 Å². The molecular weight excluding hydrogens is 787 g/mol. The summed E-state index contributed by atoms with van der Waals surface area (Å²) in [6.07, 6.45) is 1.87. The zero-order valence-corrected chi connectivity index (χ0v) is 33.9. The van der Waals surface area contributed by atoms with E-state index in [9.17, 15) is 27.9 Å². The third-order valence-electron chi connectivity index (χ3n) is 11.5. The van der Waals surface area contributed by atoms with Crippen molar-refractivity contribution in [1.29, 1.82) is 0 Å². The second-order valence-corrected chi connectivity index (χ2v) is 15.9. The highest BCUT2D eigenvalue weighted by atomic mass is 35.5. The van der Waals surface area contributed by atoms with E-state index in [4.69, 9.17) is 30.8 Å². The van der Waals surface area contributed by atoms with Gasteiger partial charge in [0.2, 0.25) is 23.5 Å². The van der Waals surface area contributed by atoms with Gasteiger partial charge >= 0.3 is 12.1 Å². The first-order valence-corrected chi connectivity index (χ1v) is 20.5. The normalized spacial score (nSPS) is 18.2. The van der Waals surface area contributed by atoms with E-state index in [0.29, 0.717) is 61.1 Å². The van der Waals surface area contributed by atoms with Crippen molar-refractivity contribution in [2.75, 3.05) is 33.9 Å². The molecule has 3 aliphatic rings. The van der Waals surface area contributed by atoms with Gasteiger partial charge in [-0.15, -0.1) is 0 Å². The Morgan fingerprint density at radius 1 is 0.915 bits per heavy atom. The van der Waals surface area contributed by atoms with Crippen molar-refractivity contribution in [3.05, 3.63) is 87.4 Å². The van der Waals surface area contributed by atoms with E-state index in [-0.39, 0.29) is 42.4 Å². The second-order valence-electron chi connectivity index (χ2n) is 15.6. The Bertz CT molecular complexity index is 2160. The lowest BCUT2D eigenvalue weighted by Gasteiger charge is -2.29. The van der Waals surface area contributed by atoms with Crippen LogP contribution in [0.4, 0.5) is 13.2 Å². The number of nitrogens with zero attached hydrogens (tertiary/aromatic N) is 3. The molecule has 15 heteroatoms. The van der Waals surface area contributed by atoms with Gasteiger partial charge in [0.15, 0.2) is 0 Å². The molecule has 4 aromatic rings. The molecule has 0 bridgehead atoms. The van der Waals surface area contributed by atoms with E-state index in [0.717, 1.165) is 72.4 Å². The monoisotopic (exact) mass is 835 g/mol. The predicted octanol–water partition coefficient (Wildman–Crippen LogP) is 8.40. The van der Waals surface area contributed by atoms with Crippen molar-refractivity contribution in [1.82, 2.24) is 25.5 Å². The van der Waals surface area contributed by atoms with Crippen LogP contribution >= 0.6 is 11.6 Å². The molecule has 2 fully saturated rings. The highest BCUT2D eigenvalue weighted by Crippen LogP contribution is 2.46. The van der Waals surface area contributed by atoms with Crippen molar-refractivity contribution in [2.24, 2.45) is 5.92 Å². The number of pyridine rings is 2. The molecule has 2 aromatic heterocycles. The number of aromatic nitrogens is 2. The van der Waals surface area contributed by atoms with Crippen LogP contribution in [0.1, 0.15) is 85.3 Å². The number of aliphatic carboxylic acids is 1. The molecule has 1 unspecified atom stereocenters. The van der Waals surface area contributed by atoms with E-state index in [1.165, 1.54) is 7.11 Å². The number of benzene rings is 2. The molecule has 59 heavy (non-hydrogen) atoms. The Morgan fingerprint density at radius 2 is 1.64 bits per heavy atom. The number of carboxylic acid groups (broad SMARTS) is 1. The Morgan fingerprint density at radius 3 is 2.36 bits per heavy atom. The standard InChI is InChI=1S/C44H49ClF3N5O6/c1-57-41-27(21-49-22-29-15-19-38(54)50-29)14-17-36(51-41)34-13-7-12-33(40(34)45)30-10-6-11-32-31(30)16-18-37(32)59-43-35(44(46,47)48)20-28(42(52-43)58-2)24-53(25-39(55)56)23-26-8-4-3-5-9-26/h6-7,10-14,17,20,26,29,37,49H,3-5,8-9,15-16,18-19,21-25H2,1-2H3,(H,50,54)(H,55,56)/t29-,37?/m0/s1. The fourth-order valence-corrected chi connectivity index (χ4v) is 8.99. The SMILES string of the molecule is COc1nc(-c2cccc(-c3cccc4c3CCC4Oc3nc(OC)c(CN(CC(=O)O)CC4CCCCC4)cc3C(F)(F)F)c2Cl)ccc1CNC[C@@H]1CCC(=O)N1. The fraction of sp³-hybridized carbons (Fsp3) is 0.455. The second kappa shape index (κ2) is 18.6. The zero-order valence-electron chi connectivity index (χ0n) is 33.2. The zero-order chi connectivity index (χ0) is 41.7. The minimum Gasteiger partial charge on any atom is -0.481 e. The summed E-state index contributed by atoms with van der Waals surface area (Å²) in [7, 11) is 2.89. The van der Waals surface area contributed by atoms with Crippen molar-refractivity contribution >= 4 is 23.5 Å². The van der Waals surface area contributed by atoms with Crippen LogP contribution in [-0.2, 0) is 35.3 Å². The molecule has 3 heterocycles. The average Bonchev–Trinajstić information content (AvgIpc) is 3.83. The summed E-state index contributed by atoms with van der Waals surface area (Å²) >= 11 is 7.14. The van der Waals surface area contributed by atoms with Gasteiger partial charge in [-0.3, -0.25) is 14.5 Å². The van der Waals surface area contributed by atoms with E-state index < -0.39 is 29.7 Å². The molecule has 0 radical (unpaired) electrons. The average molecular weight is 836 g/mol. The maximum atomic E-state index is 14.7. The Balaban J connectivity index is 1.12. The lowest BCUT2D eigenvalue weighted by Crippen LogP contribution is -2.35. The van der Waals surface area contributed by atoms with Gasteiger partial charge in [0.1, 0.15) is 11.7 Å². The molecule has 7 rings (SSSR count). The largest absolute Gasteiger partial charge is 0.481 e. The first kappa shape index (κ1) is 42.2. The molecule has 2 aliphatic carbocycles. The topological polar surface area (TPSA) is 135 Å². The molecule has 11 nitrogen and oxygen atoms in total. The van der Waals surface area contributed by atoms with Crippen LogP contribution in [-0.4, -0.2) is 71.7 Å². The van der Waals surface area contributed by atoms with Crippen molar-refractivity contribution in [2.45, 2.75) is 89.2 Å². The number of amides is 1. The smallest absolute Gasteiger partial charge is 0.421 e. The highest BCUT2D eigenvalue weighted by molar-refractivity contribution is 6.36. The summed E-state index contributed by atoms with van der Waals surface area (Å²) in [6, 6.07) is 16.2. The molecule has 314 valence electrons. The summed E-state index contributed by atoms with van der Waals surface area (Å²) in [5.74, 6) is -0.910. The first-order chi connectivity index (χ1) is 28.4. The molecular formula is C44H49ClF3N5O6. The molecule has 1 amide bonds. The molecule has 2 atom stereocenters. The van der Waals surface area contributed by atoms with Gasteiger partial charge < -0.3 is 30.0 Å². The van der Waals surface area contributed by atoms with E-state index in [1.54, 1.807) is 12.0 Å². The number of halogens is 4. The fourth-order valence-electron chi connectivity index (χ4n) is 8.66. The molecule has 1 saturated heterocycles. The maximum absolute atomic E-state index is 14.7. The minimum atomic E-state index is -4.80. The van der Waals surface area contributed by atoms with Crippen LogP contribution in [0.15, 0.2) is 54.6 Å². The number of rotatable bonds is 16. The van der Waals surface area contributed by atoms with Gasteiger partial charge in [0.25, 0.3) is 0 Å². The quantitative estimate of drug-likeness (QED) is 0.101. The Labute approximate surface area is 346 Å². The number of hydrogen-bond acceptors (Lipinski definition) is 9. The number of hydrogen-bond donors (Lipinski definition) is 3. The molecule has 0 spiro atoms. The highest BCUT2D eigenvalue weighted by Gasteiger charge is 2.39. The number of carbonyl (C=O) groups excluding carboxylic acids is 1. The minimum absolute atomic E-state index is 0.0452. The van der Waals surface area contributed by atoms with Crippen LogP contribution in [0, 0.1) is 5.92 Å². The van der Waals surface area contributed by atoms with Crippen LogP contribution in [0.5, 0.6) is 17.6 Å². The lowest BCUT2D eigenvalue weighted by atomic mass is 9.89. The van der Waals surface area contributed by atoms with Gasteiger partial charge in [0.05, 0.1) is 31.5 Å². The summed E-state index contributed by atoms with van der Waals surface area (Å²) in [5, 5.41) is 16.4. The third-order valence-corrected chi connectivity index (χ3v) is 11.9. The Hall–Kier alpha value is -4.92. The van der Waals surface area contributed by atoms with Gasteiger partial charge in [-0.1, -0.05) is 73.3 Å². The van der Waals surface area contributed by atoms with Gasteiger partial charge in [0, 0.05) is 60.9 Å². The maximum Gasteiger partial charge on any atom is 0.421 e. The van der Waals surface area contributed by atoms with Crippen molar-refractivity contribution < 1.29 is 42.1 Å². The Kier molecular flexibility index (Phi) is 13.3. The van der Waals surface area contributed by atoms with Gasteiger partial charge in [-0.25, -0.2) is 4.98 Å². The van der Waals surface area contributed by atoms with Crippen LogP contribution in [0.2, 0.25) is 5.02 Å². The first-order valence-electron chi connectivity index (χ1n) is 20.1. The van der Waals surface area contributed by atoms with Crippen molar-refractivity contribution in [3.63, 3.8) is 0 Å². The summed E-state index contributed by atoms with van der Waals surface area (Å²) < 4.78 is 61.5. The van der Waals surface area contributed by atoms with Crippen LogP contribution in [0.3, 0.4) is 0 Å². The summed E-state index contributed by atoms with van der Waals surface area (Å²) in [6.45, 7) is 1.21. The predicted molar refractivity (Wildman–Crippen MR) is 217 cm³/mol. The van der Waals surface area contributed by atoms with E-state index in [1.807, 2.05) is 48.5 Å². The molecule has 1 aliphatic heterocycles.